The Morgan fingerprint density at radius 3 is 2.57 bits per heavy atom. The van der Waals surface area contributed by atoms with Gasteiger partial charge in [-0.25, -0.2) is 0 Å². The van der Waals surface area contributed by atoms with E-state index in [1.54, 1.807) is 0 Å². The number of carbonyl (C=O) groups excluding carboxylic acids is 1. The summed E-state index contributed by atoms with van der Waals surface area (Å²) in [7, 11) is 1.36. The molecule has 2 nitrogen and oxygen atoms in total. The molecule has 1 aliphatic carbocycles. The summed E-state index contributed by atoms with van der Waals surface area (Å²) >= 11 is 0. The molecule has 0 bridgehead atoms. The molecule has 0 aromatic rings. The summed E-state index contributed by atoms with van der Waals surface area (Å²) in [5, 5.41) is 0. The van der Waals surface area contributed by atoms with Crippen LogP contribution in [0.15, 0.2) is 0 Å². The largest absolute Gasteiger partial charge is 0.401 e. The van der Waals surface area contributed by atoms with Gasteiger partial charge in [0.25, 0.3) is 0 Å². The van der Waals surface area contributed by atoms with Crippen molar-refractivity contribution in [3.8, 4) is 0 Å². The molecule has 14 heavy (non-hydrogen) atoms. The van der Waals surface area contributed by atoms with Crippen molar-refractivity contribution in [1.82, 2.24) is 4.90 Å². The van der Waals surface area contributed by atoms with E-state index in [1.165, 1.54) is 7.05 Å². The fraction of sp³-hybridized carbons (Fsp3) is 0.889. The van der Waals surface area contributed by atoms with Crippen LogP contribution in [0, 0.1) is 0 Å². The van der Waals surface area contributed by atoms with Crippen molar-refractivity contribution in [1.29, 1.82) is 0 Å². The van der Waals surface area contributed by atoms with Crippen molar-refractivity contribution in [2.24, 2.45) is 0 Å². The van der Waals surface area contributed by atoms with Crippen molar-refractivity contribution >= 4 is 5.78 Å². The number of likely N-dealkylation sites (N-methyl/N-ethyl adjacent to an activating group) is 1. The number of nitrogens with zero attached hydrogens (tertiary/aromatic N) is 1. The normalized spacial score (nSPS) is 24.4. The number of hydrogen-bond acceptors (Lipinski definition) is 2. The zero-order valence-corrected chi connectivity index (χ0v) is 8.10. The third-order valence-electron chi connectivity index (χ3n) is 2.48. The number of alkyl halides is 3. The fourth-order valence-electron chi connectivity index (χ4n) is 1.82. The topological polar surface area (TPSA) is 20.3 Å². The molecule has 0 aliphatic heterocycles. The van der Waals surface area contributed by atoms with E-state index in [-0.39, 0.29) is 5.78 Å². The highest BCUT2D eigenvalue weighted by Gasteiger charge is 2.34. The lowest BCUT2D eigenvalue weighted by molar-refractivity contribution is -0.152. The van der Waals surface area contributed by atoms with Crippen LogP contribution < -0.4 is 0 Å². The molecule has 82 valence electrons. The van der Waals surface area contributed by atoms with Gasteiger partial charge in [0.15, 0.2) is 0 Å². The molecule has 1 fully saturated rings. The molecule has 1 aliphatic rings. The van der Waals surface area contributed by atoms with Crippen LogP contribution in [0.2, 0.25) is 0 Å². The minimum Gasteiger partial charge on any atom is -0.298 e. The lowest BCUT2D eigenvalue weighted by Crippen LogP contribution is -2.44. The molecule has 0 heterocycles. The Labute approximate surface area is 81.1 Å². The SMILES string of the molecule is CN(CC(F)(F)F)C1CCCCC1=O. The van der Waals surface area contributed by atoms with E-state index in [4.69, 9.17) is 0 Å². The molecule has 0 saturated heterocycles. The van der Waals surface area contributed by atoms with Gasteiger partial charge in [-0.2, -0.15) is 13.2 Å². The summed E-state index contributed by atoms with van der Waals surface area (Å²) in [6.45, 7) is -0.997. The Morgan fingerprint density at radius 2 is 2.07 bits per heavy atom. The zero-order chi connectivity index (χ0) is 10.8. The second kappa shape index (κ2) is 4.29. The van der Waals surface area contributed by atoms with Crippen LogP contribution in [0.25, 0.3) is 0 Å². The van der Waals surface area contributed by atoms with Gasteiger partial charge < -0.3 is 0 Å². The molecule has 1 rings (SSSR count). The molecule has 0 amide bonds. The van der Waals surface area contributed by atoms with Crippen LogP contribution in [0.4, 0.5) is 13.2 Å². The van der Waals surface area contributed by atoms with Gasteiger partial charge in [0.05, 0.1) is 12.6 Å². The second-order valence-corrected chi connectivity index (χ2v) is 3.76. The first-order valence-electron chi connectivity index (χ1n) is 4.70. The summed E-state index contributed by atoms with van der Waals surface area (Å²) in [5.74, 6) is -0.0528. The highest BCUT2D eigenvalue weighted by atomic mass is 19.4. The second-order valence-electron chi connectivity index (χ2n) is 3.76. The number of halogens is 3. The van der Waals surface area contributed by atoms with Crippen LogP contribution >= 0.6 is 0 Å². The molecule has 1 saturated carbocycles. The summed E-state index contributed by atoms with van der Waals surface area (Å²) in [6.07, 6.45) is -1.57. The summed E-state index contributed by atoms with van der Waals surface area (Å²) in [4.78, 5) is 12.4. The van der Waals surface area contributed by atoms with Crippen LogP contribution in [0.5, 0.6) is 0 Å². The number of Topliss-reactive ketones (excluding diaryl/α,β-unsaturated/α-hetero) is 1. The molecular weight excluding hydrogens is 195 g/mol. The van der Waals surface area contributed by atoms with Gasteiger partial charge in [-0.1, -0.05) is 6.42 Å². The maximum absolute atomic E-state index is 12.0. The van der Waals surface area contributed by atoms with Gasteiger partial charge >= 0.3 is 6.18 Å². The molecule has 0 N–H and O–H groups in total. The third-order valence-corrected chi connectivity index (χ3v) is 2.48. The lowest BCUT2D eigenvalue weighted by Gasteiger charge is -2.30. The average Bonchev–Trinajstić information content (AvgIpc) is 2.01. The Hall–Kier alpha value is -0.580. The van der Waals surface area contributed by atoms with Crippen LogP contribution in [-0.2, 0) is 4.79 Å². The van der Waals surface area contributed by atoms with Gasteiger partial charge in [-0.05, 0) is 19.9 Å². The lowest BCUT2D eigenvalue weighted by atomic mass is 9.93. The van der Waals surface area contributed by atoms with Crippen LogP contribution in [0.3, 0.4) is 0 Å². The standard InChI is InChI=1S/C9H14F3NO/c1-13(6-9(10,11)12)7-4-2-3-5-8(7)14/h7H,2-6H2,1H3. The van der Waals surface area contributed by atoms with E-state index in [9.17, 15) is 18.0 Å². The van der Waals surface area contributed by atoms with Crippen molar-refractivity contribution in [3.05, 3.63) is 0 Å². The summed E-state index contributed by atoms with van der Waals surface area (Å²) in [5.41, 5.74) is 0. The van der Waals surface area contributed by atoms with Gasteiger partial charge in [0.2, 0.25) is 0 Å². The predicted molar refractivity (Wildman–Crippen MR) is 45.9 cm³/mol. The first-order valence-corrected chi connectivity index (χ1v) is 4.70. The van der Waals surface area contributed by atoms with Gasteiger partial charge in [0, 0.05) is 6.42 Å². The van der Waals surface area contributed by atoms with Gasteiger partial charge in [-0.3, -0.25) is 9.69 Å². The maximum atomic E-state index is 12.0. The number of hydrogen-bond donors (Lipinski definition) is 0. The van der Waals surface area contributed by atoms with E-state index >= 15 is 0 Å². The summed E-state index contributed by atoms with van der Waals surface area (Å²) in [6, 6.07) is -0.523. The number of carbonyl (C=O) groups is 1. The highest BCUT2D eigenvalue weighted by Crippen LogP contribution is 2.22. The highest BCUT2D eigenvalue weighted by molar-refractivity contribution is 5.84. The number of rotatable bonds is 2. The Balaban J connectivity index is 2.50. The minimum absolute atomic E-state index is 0.0528. The van der Waals surface area contributed by atoms with Crippen molar-refractivity contribution in [2.75, 3.05) is 13.6 Å². The molecule has 1 unspecified atom stereocenters. The van der Waals surface area contributed by atoms with Crippen LogP contribution in [0.1, 0.15) is 25.7 Å². The molecule has 0 aromatic heterocycles. The smallest absolute Gasteiger partial charge is 0.298 e. The average molecular weight is 209 g/mol. The van der Waals surface area contributed by atoms with Crippen molar-refractivity contribution < 1.29 is 18.0 Å². The quantitative estimate of drug-likeness (QED) is 0.693. The monoisotopic (exact) mass is 209 g/mol. The third kappa shape index (κ3) is 3.29. The first-order chi connectivity index (χ1) is 6.40. The summed E-state index contributed by atoms with van der Waals surface area (Å²) < 4.78 is 36.1. The van der Waals surface area contributed by atoms with Gasteiger partial charge in [0.1, 0.15) is 5.78 Å². The van der Waals surface area contributed by atoms with E-state index in [2.05, 4.69) is 0 Å². The number of ketones is 1. The molecule has 1 atom stereocenters. The Bertz CT molecular complexity index is 215. The maximum Gasteiger partial charge on any atom is 0.401 e. The molecule has 0 aromatic carbocycles. The van der Waals surface area contributed by atoms with E-state index in [1.807, 2.05) is 0 Å². The van der Waals surface area contributed by atoms with E-state index in [0.29, 0.717) is 12.8 Å². The van der Waals surface area contributed by atoms with E-state index in [0.717, 1.165) is 17.7 Å². The molecule has 5 heteroatoms. The fourth-order valence-corrected chi connectivity index (χ4v) is 1.82. The zero-order valence-electron chi connectivity index (χ0n) is 8.10. The van der Waals surface area contributed by atoms with E-state index < -0.39 is 18.8 Å². The van der Waals surface area contributed by atoms with Crippen molar-refractivity contribution in [2.45, 2.75) is 37.9 Å². The first kappa shape index (κ1) is 11.5. The minimum atomic E-state index is -4.22. The molecular formula is C9H14F3NO. The Morgan fingerprint density at radius 1 is 1.43 bits per heavy atom. The molecule has 0 spiro atoms. The Kier molecular flexibility index (Phi) is 3.53. The molecule has 0 radical (unpaired) electrons. The van der Waals surface area contributed by atoms with Crippen LogP contribution in [-0.4, -0.2) is 36.5 Å². The van der Waals surface area contributed by atoms with Crippen molar-refractivity contribution in [3.63, 3.8) is 0 Å². The predicted octanol–water partition coefficient (Wildman–Crippen LogP) is 1.99. The van der Waals surface area contributed by atoms with Gasteiger partial charge in [-0.15, -0.1) is 0 Å².